The summed E-state index contributed by atoms with van der Waals surface area (Å²) >= 11 is 7.13. The van der Waals surface area contributed by atoms with Crippen LogP contribution in [0, 0.1) is 5.82 Å². The molecule has 4 rings (SSSR count). The first-order chi connectivity index (χ1) is 14.7. The molecule has 2 unspecified atom stereocenters. The molecule has 2 N–H and O–H groups in total. The van der Waals surface area contributed by atoms with Gasteiger partial charge in [0.1, 0.15) is 16.9 Å². The highest BCUT2D eigenvalue weighted by atomic mass is 35.5. The molecule has 2 aromatic carbocycles. The molecule has 178 valence electrons. The number of nitrogens with one attached hydrogen (secondary N) is 2. The third-order valence-corrected chi connectivity index (χ3v) is 7.99. The Morgan fingerprint density at radius 3 is 2.61 bits per heavy atom. The number of rotatable bonds is 4. The molecule has 2 heterocycles. The third kappa shape index (κ3) is 5.77. The zero-order valence-corrected chi connectivity index (χ0v) is 18.6. The fourth-order valence-corrected chi connectivity index (χ4v) is 5.76. The van der Waals surface area contributed by atoms with Crippen LogP contribution in [0.1, 0.15) is 32.2 Å². The molecular formula is C22H26ClFN4O3S2. The van der Waals surface area contributed by atoms with Gasteiger partial charge in [0.25, 0.3) is 10.2 Å². The summed E-state index contributed by atoms with van der Waals surface area (Å²) < 4.78 is 42.3. The van der Waals surface area contributed by atoms with E-state index in [-0.39, 0.29) is 32.0 Å². The Morgan fingerprint density at radius 2 is 1.94 bits per heavy atom. The molecule has 0 aliphatic carbocycles. The van der Waals surface area contributed by atoms with Crippen LogP contribution in [0.2, 0.25) is 5.02 Å². The maximum Gasteiger partial charge on any atom is 0.280 e. The summed E-state index contributed by atoms with van der Waals surface area (Å²) in [4.78, 5) is 18.0. The predicted molar refractivity (Wildman–Crippen MR) is 132 cm³/mol. The van der Waals surface area contributed by atoms with Crippen LogP contribution in [-0.4, -0.2) is 36.7 Å². The van der Waals surface area contributed by atoms with E-state index in [0.29, 0.717) is 4.88 Å². The number of aromatic nitrogens is 1. The number of nitrogens with zero attached hydrogens (tertiary/aromatic N) is 2. The van der Waals surface area contributed by atoms with E-state index in [1.54, 1.807) is 6.20 Å². The molecule has 1 fully saturated rings. The Morgan fingerprint density at radius 1 is 1.24 bits per heavy atom. The Hall–Kier alpha value is -2.37. The highest BCUT2D eigenvalue weighted by molar-refractivity contribution is 7.87. The summed E-state index contributed by atoms with van der Waals surface area (Å²) in [5.41, 5.74) is 1.21. The van der Waals surface area contributed by atoms with Gasteiger partial charge in [-0.25, -0.2) is 9.37 Å². The summed E-state index contributed by atoms with van der Waals surface area (Å²) in [7, 11) is -2.56. The van der Waals surface area contributed by atoms with E-state index in [4.69, 9.17) is 11.6 Å². The summed E-state index contributed by atoms with van der Waals surface area (Å²) in [6.07, 6.45) is 1.83. The Labute approximate surface area is 202 Å². The highest BCUT2D eigenvalue weighted by Gasteiger charge is 2.41. The Kier molecular flexibility index (Phi) is 8.72. The van der Waals surface area contributed by atoms with E-state index in [2.05, 4.69) is 15.0 Å². The minimum atomic E-state index is -3.90. The van der Waals surface area contributed by atoms with Crippen LogP contribution in [-0.2, 0) is 15.0 Å². The molecule has 2 atom stereocenters. The van der Waals surface area contributed by atoms with Crippen LogP contribution in [0.3, 0.4) is 0 Å². The molecule has 0 spiro atoms. The number of hydrogen-bond acceptors (Lipinski definition) is 5. The van der Waals surface area contributed by atoms with E-state index < -0.39 is 34.0 Å². The van der Waals surface area contributed by atoms with Crippen molar-refractivity contribution in [3.05, 3.63) is 70.4 Å². The zero-order chi connectivity index (χ0) is 22.2. The molecule has 0 bridgehead atoms. The van der Waals surface area contributed by atoms with Gasteiger partial charge >= 0.3 is 0 Å². The minimum absolute atomic E-state index is 0. The number of anilines is 1. The van der Waals surface area contributed by atoms with Crippen molar-refractivity contribution in [1.29, 1.82) is 0 Å². The van der Waals surface area contributed by atoms with E-state index >= 15 is 0 Å². The number of likely N-dealkylation sites (N-methyl/N-ethyl adjacent to an activating group) is 1. The van der Waals surface area contributed by atoms with Gasteiger partial charge in [-0.1, -0.05) is 56.8 Å². The molecule has 0 radical (unpaired) electrons. The first-order valence-electron chi connectivity index (χ1n) is 9.27. The van der Waals surface area contributed by atoms with E-state index in [9.17, 15) is 17.6 Å². The largest absolute Gasteiger partial charge is 0.325 e. The second-order valence-electron chi connectivity index (χ2n) is 7.00. The number of halogens is 2. The maximum absolute atomic E-state index is 13.4. The second-order valence-corrected chi connectivity index (χ2v) is 10.2. The van der Waals surface area contributed by atoms with Gasteiger partial charge in [-0.15, -0.1) is 11.3 Å². The van der Waals surface area contributed by atoms with Gasteiger partial charge < -0.3 is 5.32 Å². The van der Waals surface area contributed by atoms with Gasteiger partial charge in [-0.2, -0.15) is 17.4 Å². The summed E-state index contributed by atoms with van der Waals surface area (Å²) in [5, 5.41) is 3.24. The van der Waals surface area contributed by atoms with Crippen LogP contribution in [0.15, 0.2) is 54.7 Å². The minimum Gasteiger partial charge on any atom is -0.325 e. The van der Waals surface area contributed by atoms with E-state index in [0.717, 1.165) is 20.9 Å². The van der Waals surface area contributed by atoms with Crippen molar-refractivity contribution in [3.8, 4) is 10.6 Å². The number of amides is 1. The van der Waals surface area contributed by atoms with Crippen LogP contribution < -0.4 is 10.0 Å². The monoisotopic (exact) mass is 512 g/mol. The van der Waals surface area contributed by atoms with Gasteiger partial charge in [0.2, 0.25) is 5.91 Å². The van der Waals surface area contributed by atoms with Crippen molar-refractivity contribution in [1.82, 2.24) is 14.0 Å². The quantitative estimate of drug-likeness (QED) is 0.509. The molecule has 11 heteroatoms. The van der Waals surface area contributed by atoms with Crippen molar-refractivity contribution in [2.75, 3.05) is 12.4 Å². The molecule has 1 aliphatic heterocycles. The normalized spacial score (nSPS) is 19.7. The molecule has 33 heavy (non-hydrogen) atoms. The van der Waals surface area contributed by atoms with Crippen LogP contribution in [0.4, 0.5) is 10.1 Å². The lowest BCUT2D eigenvalue weighted by molar-refractivity contribution is -0.120. The third-order valence-electron chi connectivity index (χ3n) is 4.95. The van der Waals surface area contributed by atoms with Crippen LogP contribution in [0.25, 0.3) is 10.6 Å². The maximum atomic E-state index is 13.4. The van der Waals surface area contributed by atoms with Gasteiger partial charge in [-0.05, 0) is 24.6 Å². The number of thiazole rings is 1. The Balaban J connectivity index is 0.00000193. The predicted octanol–water partition coefficient (Wildman–Crippen LogP) is 5.09. The first kappa shape index (κ1) is 26.9. The molecule has 1 aromatic heterocycles. The number of carbonyl (C=O) groups excluding carboxylic acids is 1. The fourth-order valence-electron chi connectivity index (χ4n) is 3.26. The molecule has 7 nitrogen and oxygen atoms in total. The SMILES string of the molecule is C.C.CN1C(C(=O)Nc2ccc(F)c(Cl)c2)CC(c2cnc(-c3ccccc3)s2)NS1(=O)=O. The number of hydrogen-bond donors (Lipinski definition) is 2. The average molecular weight is 513 g/mol. The topological polar surface area (TPSA) is 91.4 Å². The van der Waals surface area contributed by atoms with Crippen molar-refractivity contribution in [2.45, 2.75) is 33.4 Å². The molecule has 3 aromatic rings. The van der Waals surface area contributed by atoms with Crippen molar-refractivity contribution in [2.24, 2.45) is 0 Å². The fraction of sp³-hybridized carbons (Fsp3) is 0.273. The molecule has 0 saturated carbocycles. The smallest absolute Gasteiger partial charge is 0.280 e. The Bertz CT molecular complexity index is 1220. The van der Waals surface area contributed by atoms with Crippen molar-refractivity contribution in [3.63, 3.8) is 0 Å². The second kappa shape index (κ2) is 10.7. The van der Waals surface area contributed by atoms with Gasteiger partial charge in [0.15, 0.2) is 0 Å². The highest BCUT2D eigenvalue weighted by Crippen LogP contribution is 2.34. The van der Waals surface area contributed by atoms with E-state index in [1.165, 1.54) is 30.5 Å². The summed E-state index contributed by atoms with van der Waals surface area (Å²) in [6, 6.07) is 11.7. The zero-order valence-electron chi connectivity index (χ0n) is 16.2. The van der Waals surface area contributed by atoms with Crippen LogP contribution >= 0.6 is 22.9 Å². The lowest BCUT2D eigenvalue weighted by atomic mass is 10.1. The van der Waals surface area contributed by atoms with Gasteiger partial charge in [-0.3, -0.25) is 4.79 Å². The van der Waals surface area contributed by atoms with Gasteiger partial charge in [0.05, 0.1) is 11.1 Å². The lowest BCUT2D eigenvalue weighted by Gasteiger charge is -2.35. The molecular weight excluding hydrogens is 487 g/mol. The molecule has 1 aliphatic rings. The summed E-state index contributed by atoms with van der Waals surface area (Å²) in [6.45, 7) is 0. The molecule has 1 amide bonds. The van der Waals surface area contributed by atoms with Gasteiger partial charge in [0, 0.05) is 29.4 Å². The first-order valence-corrected chi connectivity index (χ1v) is 11.9. The van der Waals surface area contributed by atoms with Crippen LogP contribution in [0.5, 0.6) is 0 Å². The summed E-state index contributed by atoms with van der Waals surface area (Å²) in [5.74, 6) is -1.14. The lowest BCUT2D eigenvalue weighted by Crippen LogP contribution is -2.55. The average Bonchev–Trinajstić information content (AvgIpc) is 3.23. The van der Waals surface area contributed by atoms with Crippen molar-refractivity contribution >= 4 is 44.7 Å². The molecule has 1 saturated heterocycles. The van der Waals surface area contributed by atoms with E-state index in [1.807, 2.05) is 30.3 Å². The standard InChI is InChI=1S/C20H18ClFN4O3S2.2CH4/c1-26-17(19(27)24-13-7-8-15(22)14(21)9-13)10-16(25-31(26,28)29)18-11-23-20(30-18)12-5-3-2-4-6-12;;/h2-9,11,16-17,25H,10H2,1H3,(H,24,27);2*1H4. The van der Waals surface area contributed by atoms with Crippen molar-refractivity contribution < 1.29 is 17.6 Å². The number of carbonyl (C=O) groups is 1. The number of benzene rings is 2.